The van der Waals surface area contributed by atoms with Crippen LogP contribution in [0, 0.1) is 19.8 Å². The molecule has 2 heterocycles. The Kier molecular flexibility index (Phi) is 6.66. The van der Waals surface area contributed by atoms with Gasteiger partial charge in [0, 0.05) is 25.8 Å². The molecule has 1 amide bonds. The molecule has 1 aliphatic heterocycles. The van der Waals surface area contributed by atoms with Crippen molar-refractivity contribution in [3.05, 3.63) is 23.2 Å². The van der Waals surface area contributed by atoms with Gasteiger partial charge in [0.1, 0.15) is 11.5 Å². The second-order valence-electron chi connectivity index (χ2n) is 6.61. The van der Waals surface area contributed by atoms with Crippen LogP contribution in [0.4, 0.5) is 0 Å². The largest absolute Gasteiger partial charge is 0.466 e. The highest BCUT2D eigenvalue weighted by molar-refractivity contribution is 5.83. The first-order valence-electron chi connectivity index (χ1n) is 8.57. The molecule has 0 aliphatic carbocycles. The molecule has 130 valence electrons. The predicted molar refractivity (Wildman–Crippen MR) is 90.6 cm³/mol. The first-order valence-corrected chi connectivity index (χ1v) is 8.57. The average Bonchev–Trinajstić information content (AvgIpc) is 2.89. The lowest BCUT2D eigenvalue weighted by Crippen LogP contribution is -2.40. The summed E-state index contributed by atoms with van der Waals surface area (Å²) in [6.07, 6.45) is 2.28. The van der Waals surface area contributed by atoms with E-state index in [-0.39, 0.29) is 11.8 Å². The third-order valence-corrected chi connectivity index (χ3v) is 4.82. The zero-order valence-corrected chi connectivity index (χ0v) is 14.9. The number of methoxy groups -OCH3 is 1. The van der Waals surface area contributed by atoms with Crippen LogP contribution in [-0.4, -0.2) is 50.7 Å². The normalized spacial score (nSPS) is 18.1. The molecule has 1 fully saturated rings. The van der Waals surface area contributed by atoms with Crippen molar-refractivity contribution < 1.29 is 13.9 Å². The van der Waals surface area contributed by atoms with Gasteiger partial charge < -0.3 is 19.4 Å². The van der Waals surface area contributed by atoms with E-state index in [0.29, 0.717) is 5.92 Å². The van der Waals surface area contributed by atoms with Crippen molar-refractivity contribution in [2.24, 2.45) is 5.92 Å². The van der Waals surface area contributed by atoms with Gasteiger partial charge in [-0.2, -0.15) is 0 Å². The first kappa shape index (κ1) is 18.0. The molecule has 1 aromatic rings. The van der Waals surface area contributed by atoms with E-state index in [4.69, 9.17) is 9.15 Å². The summed E-state index contributed by atoms with van der Waals surface area (Å²) in [4.78, 5) is 14.8. The second kappa shape index (κ2) is 8.50. The maximum atomic E-state index is 12.4. The minimum Gasteiger partial charge on any atom is -0.466 e. The predicted octanol–water partition coefficient (Wildman–Crippen LogP) is 2.47. The third kappa shape index (κ3) is 5.08. The molecule has 0 radical (unpaired) electrons. The SMILES string of the molecule is COCCN1CCC(CNC(=O)[C@@H](C)c2cc(C)oc2C)CC1. The lowest BCUT2D eigenvalue weighted by molar-refractivity contribution is -0.122. The van der Waals surface area contributed by atoms with Crippen LogP contribution in [0.5, 0.6) is 0 Å². The Morgan fingerprint density at radius 2 is 2.13 bits per heavy atom. The van der Waals surface area contributed by atoms with Gasteiger partial charge in [-0.3, -0.25) is 4.79 Å². The Balaban J connectivity index is 1.74. The van der Waals surface area contributed by atoms with Gasteiger partial charge in [0.25, 0.3) is 0 Å². The van der Waals surface area contributed by atoms with Crippen molar-refractivity contribution in [3.8, 4) is 0 Å². The highest BCUT2D eigenvalue weighted by Crippen LogP contribution is 2.23. The number of hydrogen-bond donors (Lipinski definition) is 1. The van der Waals surface area contributed by atoms with Gasteiger partial charge in [-0.25, -0.2) is 0 Å². The Bertz CT molecular complexity index is 504. The second-order valence-corrected chi connectivity index (χ2v) is 6.61. The molecule has 1 N–H and O–H groups in total. The smallest absolute Gasteiger partial charge is 0.227 e. The standard InChI is InChI=1S/C18H30N2O3/c1-13-11-17(15(3)23-13)14(2)18(21)19-12-16-5-7-20(8-6-16)9-10-22-4/h11,14,16H,5-10,12H2,1-4H3,(H,19,21)/t14-/m0/s1. The number of ether oxygens (including phenoxy) is 1. The average molecular weight is 322 g/mol. The number of nitrogens with one attached hydrogen (secondary N) is 1. The highest BCUT2D eigenvalue weighted by Gasteiger charge is 2.23. The molecular weight excluding hydrogens is 292 g/mol. The van der Waals surface area contributed by atoms with Crippen molar-refractivity contribution in [3.63, 3.8) is 0 Å². The van der Waals surface area contributed by atoms with Crippen molar-refractivity contribution >= 4 is 5.91 Å². The molecule has 1 atom stereocenters. The summed E-state index contributed by atoms with van der Waals surface area (Å²) in [5.74, 6) is 2.22. The lowest BCUT2D eigenvalue weighted by Gasteiger charge is -2.31. The molecule has 5 nitrogen and oxygen atoms in total. The zero-order valence-electron chi connectivity index (χ0n) is 14.9. The number of piperidine rings is 1. The summed E-state index contributed by atoms with van der Waals surface area (Å²) in [5.41, 5.74) is 0.995. The molecule has 0 unspecified atom stereocenters. The fourth-order valence-electron chi connectivity index (χ4n) is 3.25. The fraction of sp³-hybridized carbons (Fsp3) is 0.722. The van der Waals surface area contributed by atoms with Gasteiger partial charge in [0.2, 0.25) is 5.91 Å². The third-order valence-electron chi connectivity index (χ3n) is 4.82. The Morgan fingerprint density at radius 1 is 1.43 bits per heavy atom. The van der Waals surface area contributed by atoms with Crippen LogP contribution in [-0.2, 0) is 9.53 Å². The molecule has 1 aliphatic rings. The number of likely N-dealkylation sites (tertiary alicyclic amines) is 1. The van der Waals surface area contributed by atoms with Gasteiger partial charge in [-0.15, -0.1) is 0 Å². The van der Waals surface area contributed by atoms with Crippen molar-refractivity contribution in [2.45, 2.75) is 39.5 Å². The van der Waals surface area contributed by atoms with Crippen LogP contribution < -0.4 is 5.32 Å². The van der Waals surface area contributed by atoms with Crippen LogP contribution >= 0.6 is 0 Å². The minimum absolute atomic E-state index is 0.0933. The molecular formula is C18H30N2O3. The number of amides is 1. The number of nitrogens with zero attached hydrogens (tertiary/aromatic N) is 1. The maximum Gasteiger partial charge on any atom is 0.227 e. The number of hydrogen-bond acceptors (Lipinski definition) is 4. The first-order chi connectivity index (χ1) is 11.0. The van der Waals surface area contributed by atoms with Gasteiger partial charge >= 0.3 is 0 Å². The molecule has 1 aromatic heterocycles. The van der Waals surface area contributed by atoms with E-state index in [9.17, 15) is 4.79 Å². The van der Waals surface area contributed by atoms with Crippen LogP contribution in [0.1, 0.15) is 42.8 Å². The zero-order chi connectivity index (χ0) is 16.8. The van der Waals surface area contributed by atoms with E-state index in [1.54, 1.807) is 7.11 Å². The summed E-state index contributed by atoms with van der Waals surface area (Å²) in [6, 6.07) is 1.97. The summed E-state index contributed by atoms with van der Waals surface area (Å²) in [7, 11) is 1.74. The summed E-state index contributed by atoms with van der Waals surface area (Å²) in [5, 5.41) is 3.12. The molecule has 23 heavy (non-hydrogen) atoms. The van der Waals surface area contributed by atoms with E-state index in [2.05, 4.69) is 10.2 Å². The number of furan rings is 1. The van der Waals surface area contributed by atoms with Crippen LogP contribution in [0.15, 0.2) is 10.5 Å². The van der Waals surface area contributed by atoms with Crippen LogP contribution in [0.2, 0.25) is 0 Å². The quantitative estimate of drug-likeness (QED) is 0.838. The van der Waals surface area contributed by atoms with E-state index in [1.807, 2.05) is 26.8 Å². The molecule has 5 heteroatoms. The molecule has 0 spiro atoms. The Hall–Kier alpha value is -1.33. The lowest BCUT2D eigenvalue weighted by atomic mass is 9.95. The van der Waals surface area contributed by atoms with E-state index in [1.165, 1.54) is 0 Å². The van der Waals surface area contributed by atoms with E-state index >= 15 is 0 Å². The maximum absolute atomic E-state index is 12.4. The van der Waals surface area contributed by atoms with Crippen molar-refractivity contribution in [1.29, 1.82) is 0 Å². The van der Waals surface area contributed by atoms with E-state index in [0.717, 1.165) is 62.7 Å². The monoisotopic (exact) mass is 322 g/mol. The summed E-state index contributed by atoms with van der Waals surface area (Å²) in [6.45, 7) is 10.5. The molecule has 0 saturated carbocycles. The summed E-state index contributed by atoms with van der Waals surface area (Å²) < 4.78 is 10.7. The summed E-state index contributed by atoms with van der Waals surface area (Å²) >= 11 is 0. The molecule has 2 rings (SSSR count). The number of carbonyl (C=O) groups is 1. The topological polar surface area (TPSA) is 54.7 Å². The van der Waals surface area contributed by atoms with Gasteiger partial charge in [-0.05, 0) is 58.7 Å². The number of rotatable bonds is 7. The molecule has 0 bridgehead atoms. The van der Waals surface area contributed by atoms with Crippen LogP contribution in [0.3, 0.4) is 0 Å². The Labute approximate surface area is 139 Å². The van der Waals surface area contributed by atoms with Gasteiger partial charge in [0.05, 0.1) is 12.5 Å². The number of aryl methyl sites for hydroxylation is 2. The molecule has 1 saturated heterocycles. The Morgan fingerprint density at radius 3 is 2.70 bits per heavy atom. The highest BCUT2D eigenvalue weighted by atomic mass is 16.5. The van der Waals surface area contributed by atoms with E-state index < -0.39 is 0 Å². The van der Waals surface area contributed by atoms with Gasteiger partial charge in [0.15, 0.2) is 0 Å². The minimum atomic E-state index is -0.158. The van der Waals surface area contributed by atoms with Crippen molar-refractivity contribution in [2.75, 3.05) is 39.9 Å². The van der Waals surface area contributed by atoms with Gasteiger partial charge in [-0.1, -0.05) is 0 Å². The van der Waals surface area contributed by atoms with Crippen molar-refractivity contribution in [1.82, 2.24) is 10.2 Å². The van der Waals surface area contributed by atoms with Crippen LogP contribution in [0.25, 0.3) is 0 Å². The fourth-order valence-corrected chi connectivity index (χ4v) is 3.25. The molecule has 0 aromatic carbocycles. The number of carbonyl (C=O) groups excluding carboxylic acids is 1.